The Morgan fingerprint density at radius 1 is 1.19 bits per heavy atom. The number of aromatic amines is 1. The summed E-state index contributed by atoms with van der Waals surface area (Å²) in [6.45, 7) is 1.95. The number of carbonyl (C=O) groups excluding carboxylic acids is 1. The lowest BCUT2D eigenvalue weighted by molar-refractivity contribution is -0.117. The van der Waals surface area contributed by atoms with Crippen LogP contribution < -0.4 is 10.6 Å². The average molecular weight is 437 g/mol. The lowest BCUT2D eigenvalue weighted by atomic mass is 9.86. The second-order valence-electron chi connectivity index (χ2n) is 8.23. The normalized spacial score (nSPS) is 17.4. The Bertz CT molecular complexity index is 1120. The van der Waals surface area contributed by atoms with Gasteiger partial charge in [-0.25, -0.2) is 4.39 Å². The number of nitrogens with one attached hydrogen (secondary N) is 3. The molecule has 0 saturated carbocycles. The standard InChI is InChI=1S/C24H25FN4OS/c25-17-7-4-15(5-8-17)6-9-18(16-10-12-26-13-11-16)27-24(30)22-14-20-23-19(28-29-20)2-1-3-21(23)31-22/h1-5,7-8,14,16,18,26H,6,9-13H2,(H,27,30)(H,28,29). The molecule has 2 aliphatic rings. The summed E-state index contributed by atoms with van der Waals surface area (Å²) < 4.78 is 13.2. The molecule has 3 N–H and O–H groups in total. The van der Waals surface area contributed by atoms with E-state index >= 15 is 0 Å². The fraction of sp³-hybridized carbons (Fsp3) is 0.333. The van der Waals surface area contributed by atoms with Gasteiger partial charge in [0.2, 0.25) is 0 Å². The first kappa shape index (κ1) is 20.3. The van der Waals surface area contributed by atoms with E-state index in [2.05, 4.69) is 20.8 Å². The van der Waals surface area contributed by atoms with Crippen LogP contribution in [-0.4, -0.2) is 35.2 Å². The van der Waals surface area contributed by atoms with Gasteiger partial charge < -0.3 is 10.6 Å². The second kappa shape index (κ2) is 8.85. The van der Waals surface area contributed by atoms with Gasteiger partial charge in [-0.3, -0.25) is 9.89 Å². The Hall–Kier alpha value is -2.64. The van der Waals surface area contributed by atoms with Crippen LogP contribution in [0.2, 0.25) is 0 Å². The summed E-state index contributed by atoms with van der Waals surface area (Å²) in [6, 6.07) is 12.7. The molecule has 3 heterocycles. The highest BCUT2D eigenvalue weighted by atomic mass is 32.2. The van der Waals surface area contributed by atoms with Crippen LogP contribution in [0.3, 0.4) is 0 Å². The van der Waals surface area contributed by atoms with Crippen LogP contribution in [0.4, 0.5) is 4.39 Å². The zero-order valence-corrected chi connectivity index (χ0v) is 18.0. The Morgan fingerprint density at radius 3 is 2.81 bits per heavy atom. The number of carbonyl (C=O) groups is 1. The van der Waals surface area contributed by atoms with E-state index in [0.717, 1.165) is 65.8 Å². The number of H-pyrrole nitrogens is 1. The zero-order chi connectivity index (χ0) is 21.2. The van der Waals surface area contributed by atoms with Gasteiger partial charge >= 0.3 is 0 Å². The van der Waals surface area contributed by atoms with Gasteiger partial charge in [-0.2, -0.15) is 5.10 Å². The predicted molar refractivity (Wildman–Crippen MR) is 122 cm³/mol. The number of thioether (sulfide) groups is 1. The van der Waals surface area contributed by atoms with E-state index in [-0.39, 0.29) is 17.8 Å². The van der Waals surface area contributed by atoms with Gasteiger partial charge in [0.05, 0.1) is 16.1 Å². The molecule has 1 saturated heterocycles. The van der Waals surface area contributed by atoms with Gasteiger partial charge in [0.25, 0.3) is 5.91 Å². The lowest BCUT2D eigenvalue weighted by Crippen LogP contribution is -2.45. The third-order valence-corrected chi connectivity index (χ3v) is 7.30. The second-order valence-corrected chi connectivity index (χ2v) is 9.31. The van der Waals surface area contributed by atoms with Crippen molar-refractivity contribution in [3.05, 3.63) is 64.4 Å². The number of hydrogen-bond donors (Lipinski definition) is 3. The molecule has 0 bridgehead atoms. The molecular formula is C24H25FN4OS. The molecule has 5 nitrogen and oxygen atoms in total. The molecule has 0 spiro atoms. The number of benzene rings is 2. The van der Waals surface area contributed by atoms with E-state index in [4.69, 9.17) is 0 Å². The maximum atomic E-state index is 13.3. The summed E-state index contributed by atoms with van der Waals surface area (Å²) in [7, 11) is 0. The maximum Gasteiger partial charge on any atom is 0.258 e. The van der Waals surface area contributed by atoms with Gasteiger partial charge in [0.1, 0.15) is 5.82 Å². The van der Waals surface area contributed by atoms with Gasteiger partial charge in [-0.15, -0.1) is 0 Å². The number of hydrogen-bond acceptors (Lipinski definition) is 4. The molecule has 1 amide bonds. The zero-order valence-electron chi connectivity index (χ0n) is 17.2. The first-order valence-corrected chi connectivity index (χ1v) is 11.6. The minimum Gasteiger partial charge on any atom is -0.349 e. The molecule has 160 valence electrons. The van der Waals surface area contributed by atoms with E-state index in [1.165, 1.54) is 23.9 Å². The van der Waals surface area contributed by atoms with Crippen molar-refractivity contribution in [3.8, 4) is 0 Å². The van der Waals surface area contributed by atoms with Crippen LogP contribution in [0, 0.1) is 11.7 Å². The van der Waals surface area contributed by atoms with Crippen LogP contribution in [0.25, 0.3) is 17.0 Å². The molecule has 5 rings (SSSR count). The van der Waals surface area contributed by atoms with Crippen molar-refractivity contribution in [1.29, 1.82) is 0 Å². The SMILES string of the molecule is O=C(NC(CCc1ccc(F)cc1)C1CCNCC1)C1=Cc2[nH]nc3cccc(c23)S1. The Morgan fingerprint density at radius 2 is 2.00 bits per heavy atom. The van der Waals surface area contributed by atoms with Crippen molar-refractivity contribution in [1.82, 2.24) is 20.8 Å². The van der Waals surface area contributed by atoms with Crippen LogP contribution >= 0.6 is 11.8 Å². The Balaban J connectivity index is 1.32. The number of aromatic nitrogens is 2. The van der Waals surface area contributed by atoms with Gasteiger partial charge in [0.15, 0.2) is 0 Å². The molecule has 0 aliphatic carbocycles. The average Bonchev–Trinajstić information content (AvgIpc) is 3.23. The fourth-order valence-corrected chi connectivity index (χ4v) is 5.55. The molecular weight excluding hydrogens is 411 g/mol. The van der Waals surface area contributed by atoms with Crippen molar-refractivity contribution < 1.29 is 9.18 Å². The summed E-state index contributed by atoms with van der Waals surface area (Å²) in [4.78, 5) is 15.0. The van der Waals surface area contributed by atoms with E-state index in [9.17, 15) is 9.18 Å². The van der Waals surface area contributed by atoms with Crippen molar-refractivity contribution in [2.24, 2.45) is 5.92 Å². The number of amides is 1. The Kier molecular flexibility index (Phi) is 5.78. The summed E-state index contributed by atoms with van der Waals surface area (Å²) in [6.07, 6.45) is 5.65. The Labute approximate surface area is 184 Å². The molecule has 3 aromatic rings. The summed E-state index contributed by atoms with van der Waals surface area (Å²) >= 11 is 1.50. The summed E-state index contributed by atoms with van der Waals surface area (Å²) in [5.41, 5.74) is 2.90. The third-order valence-electron chi connectivity index (χ3n) is 6.22. The fourth-order valence-electron chi connectivity index (χ4n) is 4.53. The minimum absolute atomic E-state index is 0.0371. The number of aryl methyl sites for hydroxylation is 1. The largest absolute Gasteiger partial charge is 0.349 e. The topological polar surface area (TPSA) is 69.8 Å². The lowest BCUT2D eigenvalue weighted by Gasteiger charge is -2.32. The summed E-state index contributed by atoms with van der Waals surface area (Å²) in [5.74, 6) is 0.178. The monoisotopic (exact) mass is 436 g/mol. The van der Waals surface area contributed by atoms with Gasteiger partial charge in [-0.05, 0) is 80.6 Å². The van der Waals surface area contributed by atoms with Crippen LogP contribution in [0.1, 0.15) is 30.5 Å². The highest BCUT2D eigenvalue weighted by molar-refractivity contribution is 8.04. The van der Waals surface area contributed by atoms with E-state index in [0.29, 0.717) is 10.8 Å². The molecule has 0 radical (unpaired) electrons. The molecule has 31 heavy (non-hydrogen) atoms. The van der Waals surface area contributed by atoms with Crippen LogP contribution in [0.5, 0.6) is 0 Å². The number of halogens is 1. The van der Waals surface area contributed by atoms with Gasteiger partial charge in [0, 0.05) is 16.3 Å². The number of nitrogens with zero attached hydrogens (tertiary/aromatic N) is 1. The highest BCUT2D eigenvalue weighted by Crippen LogP contribution is 2.40. The van der Waals surface area contributed by atoms with E-state index in [1.54, 1.807) is 0 Å². The third kappa shape index (κ3) is 4.38. The molecule has 2 aliphatic heterocycles. The maximum absolute atomic E-state index is 13.3. The van der Waals surface area contributed by atoms with E-state index < -0.39 is 0 Å². The highest BCUT2D eigenvalue weighted by Gasteiger charge is 2.28. The van der Waals surface area contributed by atoms with Crippen molar-refractivity contribution >= 4 is 34.6 Å². The molecule has 7 heteroatoms. The van der Waals surface area contributed by atoms with Crippen molar-refractivity contribution in [3.63, 3.8) is 0 Å². The molecule has 1 atom stereocenters. The number of piperidine rings is 1. The van der Waals surface area contributed by atoms with Gasteiger partial charge in [-0.1, -0.05) is 30.0 Å². The first-order valence-electron chi connectivity index (χ1n) is 10.8. The van der Waals surface area contributed by atoms with Crippen molar-refractivity contribution in [2.75, 3.05) is 13.1 Å². The first-order chi connectivity index (χ1) is 15.2. The molecule has 1 unspecified atom stereocenters. The smallest absolute Gasteiger partial charge is 0.258 e. The molecule has 1 fully saturated rings. The number of rotatable bonds is 6. The van der Waals surface area contributed by atoms with Crippen LogP contribution in [0.15, 0.2) is 52.3 Å². The minimum atomic E-state index is -0.221. The molecule has 2 aromatic carbocycles. The quantitative estimate of drug-likeness (QED) is 0.540. The molecule has 1 aromatic heterocycles. The van der Waals surface area contributed by atoms with Crippen LogP contribution in [-0.2, 0) is 11.2 Å². The summed E-state index contributed by atoms with van der Waals surface area (Å²) in [5, 5.41) is 15.2. The van der Waals surface area contributed by atoms with Crippen molar-refractivity contribution in [2.45, 2.75) is 36.6 Å². The van der Waals surface area contributed by atoms with E-state index in [1.807, 2.05) is 36.4 Å². The predicted octanol–water partition coefficient (Wildman–Crippen LogP) is 4.27.